The number of furan rings is 1. The zero-order valence-electron chi connectivity index (χ0n) is 12.9. The van der Waals surface area contributed by atoms with Crippen LogP contribution in [0.4, 0.5) is 0 Å². The van der Waals surface area contributed by atoms with E-state index in [0.29, 0.717) is 32.0 Å². The minimum absolute atomic E-state index is 0.00393. The zero-order valence-corrected chi connectivity index (χ0v) is 12.9. The molecular weight excluding hydrogens is 286 g/mol. The van der Waals surface area contributed by atoms with Crippen molar-refractivity contribution in [3.8, 4) is 0 Å². The Kier molecular flexibility index (Phi) is 6.57. The van der Waals surface area contributed by atoms with E-state index in [1.54, 1.807) is 19.2 Å². The Labute approximate surface area is 130 Å². The SMILES string of the molecule is COCCNC(=O)CN1CCN(CC(=O)c2ccco2)CC1. The van der Waals surface area contributed by atoms with E-state index in [2.05, 4.69) is 15.1 Å². The molecule has 0 atom stereocenters. The maximum atomic E-state index is 12.0. The lowest BCUT2D eigenvalue weighted by atomic mass is 10.2. The number of carbonyl (C=O) groups excluding carboxylic acids is 2. The fourth-order valence-corrected chi connectivity index (χ4v) is 2.38. The van der Waals surface area contributed by atoms with Crippen molar-refractivity contribution in [1.82, 2.24) is 15.1 Å². The van der Waals surface area contributed by atoms with Crippen LogP contribution in [0.5, 0.6) is 0 Å². The van der Waals surface area contributed by atoms with Crippen molar-refractivity contribution in [2.24, 2.45) is 0 Å². The normalized spacial score (nSPS) is 16.6. The first-order valence-electron chi connectivity index (χ1n) is 7.46. The molecule has 7 heteroatoms. The predicted molar refractivity (Wildman–Crippen MR) is 80.8 cm³/mol. The maximum Gasteiger partial charge on any atom is 0.234 e. The standard InChI is InChI=1S/C15H23N3O4/c1-21-10-4-16-15(20)12-18-7-5-17(6-8-18)11-13(19)14-3-2-9-22-14/h2-3,9H,4-8,10-12H2,1H3,(H,16,20). The van der Waals surface area contributed by atoms with Gasteiger partial charge in [-0.15, -0.1) is 0 Å². The molecule has 1 aliphatic heterocycles. The third-order valence-corrected chi connectivity index (χ3v) is 3.62. The number of methoxy groups -OCH3 is 1. The smallest absolute Gasteiger partial charge is 0.234 e. The molecule has 1 aliphatic rings. The summed E-state index contributed by atoms with van der Waals surface area (Å²) in [4.78, 5) is 27.8. The van der Waals surface area contributed by atoms with E-state index in [-0.39, 0.29) is 11.7 Å². The van der Waals surface area contributed by atoms with Gasteiger partial charge in [0.1, 0.15) is 0 Å². The fraction of sp³-hybridized carbons (Fsp3) is 0.600. The summed E-state index contributed by atoms with van der Waals surface area (Å²) < 4.78 is 10.00. The first-order chi connectivity index (χ1) is 10.7. The number of ketones is 1. The molecule has 1 aromatic heterocycles. The molecule has 2 heterocycles. The summed E-state index contributed by atoms with van der Waals surface area (Å²) in [5.74, 6) is 0.410. The van der Waals surface area contributed by atoms with Crippen LogP contribution in [0.3, 0.4) is 0 Å². The molecular formula is C15H23N3O4. The van der Waals surface area contributed by atoms with Gasteiger partial charge in [-0.2, -0.15) is 0 Å². The summed E-state index contributed by atoms with van der Waals surface area (Å²) in [6.07, 6.45) is 1.51. The van der Waals surface area contributed by atoms with Crippen LogP contribution in [0.2, 0.25) is 0 Å². The number of amides is 1. The van der Waals surface area contributed by atoms with E-state index in [9.17, 15) is 9.59 Å². The first-order valence-corrected chi connectivity index (χ1v) is 7.46. The monoisotopic (exact) mass is 309 g/mol. The Morgan fingerprint density at radius 1 is 1.23 bits per heavy atom. The largest absolute Gasteiger partial charge is 0.461 e. The van der Waals surface area contributed by atoms with E-state index in [0.717, 1.165) is 26.2 Å². The molecule has 1 N–H and O–H groups in total. The molecule has 0 spiro atoms. The van der Waals surface area contributed by atoms with Crippen molar-refractivity contribution < 1.29 is 18.7 Å². The third kappa shape index (κ3) is 5.25. The van der Waals surface area contributed by atoms with Crippen LogP contribution >= 0.6 is 0 Å². The summed E-state index contributed by atoms with van der Waals surface area (Å²) in [5, 5.41) is 2.81. The molecule has 2 rings (SSSR count). The van der Waals surface area contributed by atoms with Crippen molar-refractivity contribution in [2.45, 2.75) is 0 Å². The highest BCUT2D eigenvalue weighted by molar-refractivity contribution is 5.95. The Hall–Kier alpha value is -1.70. The molecule has 1 amide bonds. The Bertz CT molecular complexity index is 467. The number of piperazine rings is 1. The van der Waals surface area contributed by atoms with Crippen molar-refractivity contribution in [2.75, 3.05) is 59.5 Å². The van der Waals surface area contributed by atoms with Crippen LogP contribution in [0, 0.1) is 0 Å². The van der Waals surface area contributed by atoms with Gasteiger partial charge in [-0.3, -0.25) is 19.4 Å². The van der Waals surface area contributed by atoms with Crippen molar-refractivity contribution in [3.05, 3.63) is 24.2 Å². The highest BCUT2D eigenvalue weighted by atomic mass is 16.5. The molecule has 0 saturated carbocycles. The van der Waals surface area contributed by atoms with Gasteiger partial charge in [0.2, 0.25) is 11.7 Å². The number of nitrogens with zero attached hydrogens (tertiary/aromatic N) is 2. The number of ether oxygens (including phenoxy) is 1. The second-order valence-electron chi connectivity index (χ2n) is 5.30. The lowest BCUT2D eigenvalue weighted by Crippen LogP contribution is -2.50. The lowest BCUT2D eigenvalue weighted by Gasteiger charge is -2.33. The van der Waals surface area contributed by atoms with Gasteiger partial charge in [0.15, 0.2) is 5.76 Å². The van der Waals surface area contributed by atoms with Crippen LogP contribution in [0.15, 0.2) is 22.8 Å². The number of hydrogen-bond donors (Lipinski definition) is 1. The van der Waals surface area contributed by atoms with Crippen LogP contribution < -0.4 is 5.32 Å². The van der Waals surface area contributed by atoms with Gasteiger partial charge in [0.05, 0.1) is 26.0 Å². The lowest BCUT2D eigenvalue weighted by molar-refractivity contribution is -0.122. The van der Waals surface area contributed by atoms with E-state index in [1.807, 2.05) is 0 Å². The molecule has 0 unspecified atom stereocenters. The zero-order chi connectivity index (χ0) is 15.8. The van der Waals surface area contributed by atoms with Crippen molar-refractivity contribution >= 4 is 11.7 Å². The summed E-state index contributed by atoms with van der Waals surface area (Å²) in [7, 11) is 1.61. The van der Waals surface area contributed by atoms with Gasteiger partial charge < -0.3 is 14.5 Å². The average molecular weight is 309 g/mol. The molecule has 0 aliphatic carbocycles. The molecule has 0 bridgehead atoms. The van der Waals surface area contributed by atoms with Crippen LogP contribution in [-0.4, -0.2) is 81.0 Å². The molecule has 1 aromatic rings. The van der Waals surface area contributed by atoms with Crippen molar-refractivity contribution in [3.63, 3.8) is 0 Å². The Balaban J connectivity index is 1.65. The van der Waals surface area contributed by atoms with Crippen LogP contribution in [0.25, 0.3) is 0 Å². The second kappa shape index (κ2) is 8.67. The summed E-state index contributed by atoms with van der Waals surface area (Å²) >= 11 is 0. The van der Waals surface area contributed by atoms with Gasteiger partial charge in [-0.1, -0.05) is 0 Å². The van der Waals surface area contributed by atoms with Gasteiger partial charge >= 0.3 is 0 Å². The third-order valence-electron chi connectivity index (χ3n) is 3.62. The number of carbonyl (C=O) groups is 2. The first kappa shape index (κ1) is 16.7. The highest BCUT2D eigenvalue weighted by Gasteiger charge is 2.21. The van der Waals surface area contributed by atoms with Gasteiger partial charge in [0, 0.05) is 39.8 Å². The van der Waals surface area contributed by atoms with Gasteiger partial charge in [0.25, 0.3) is 0 Å². The Morgan fingerprint density at radius 3 is 2.50 bits per heavy atom. The molecule has 7 nitrogen and oxygen atoms in total. The van der Waals surface area contributed by atoms with E-state index >= 15 is 0 Å². The Morgan fingerprint density at radius 2 is 1.91 bits per heavy atom. The van der Waals surface area contributed by atoms with E-state index in [4.69, 9.17) is 9.15 Å². The number of rotatable bonds is 8. The number of nitrogens with one attached hydrogen (secondary N) is 1. The fourth-order valence-electron chi connectivity index (χ4n) is 2.38. The predicted octanol–water partition coefficient (Wildman–Crippen LogP) is -0.157. The van der Waals surface area contributed by atoms with Crippen LogP contribution in [0.1, 0.15) is 10.6 Å². The summed E-state index contributed by atoms with van der Waals surface area (Å²) in [5.41, 5.74) is 0. The molecule has 1 fully saturated rings. The molecule has 22 heavy (non-hydrogen) atoms. The minimum Gasteiger partial charge on any atom is -0.461 e. The molecule has 122 valence electrons. The van der Waals surface area contributed by atoms with Gasteiger partial charge in [-0.25, -0.2) is 0 Å². The average Bonchev–Trinajstić information content (AvgIpc) is 3.04. The van der Waals surface area contributed by atoms with Crippen molar-refractivity contribution in [1.29, 1.82) is 0 Å². The molecule has 1 saturated heterocycles. The number of hydrogen-bond acceptors (Lipinski definition) is 6. The summed E-state index contributed by atoms with van der Waals surface area (Å²) in [6.45, 7) is 4.92. The molecule has 0 aromatic carbocycles. The van der Waals surface area contributed by atoms with Crippen LogP contribution in [-0.2, 0) is 9.53 Å². The van der Waals surface area contributed by atoms with E-state index < -0.39 is 0 Å². The highest BCUT2D eigenvalue weighted by Crippen LogP contribution is 2.06. The van der Waals surface area contributed by atoms with Gasteiger partial charge in [-0.05, 0) is 12.1 Å². The van der Waals surface area contributed by atoms with E-state index in [1.165, 1.54) is 6.26 Å². The topological polar surface area (TPSA) is 75.0 Å². The summed E-state index contributed by atoms with van der Waals surface area (Å²) in [6, 6.07) is 3.40. The minimum atomic E-state index is -0.00393. The second-order valence-corrected chi connectivity index (χ2v) is 5.30. The maximum absolute atomic E-state index is 12.0. The number of Topliss-reactive ketones (excluding diaryl/α,β-unsaturated/α-hetero) is 1. The quantitative estimate of drug-likeness (QED) is 0.531. The molecule has 0 radical (unpaired) electrons.